The molecule has 23 heavy (non-hydrogen) atoms. The molecule has 3 N–H and O–H groups in total. The van der Waals surface area contributed by atoms with E-state index in [1.54, 1.807) is 4.68 Å². The van der Waals surface area contributed by atoms with Crippen LogP contribution in [0.15, 0.2) is 30.3 Å². The number of carbonyl (C=O) groups excluding carboxylic acids is 1. The molecule has 1 saturated heterocycles. The minimum atomic E-state index is -0.367. The number of nitrogens with zero attached hydrogens (tertiary/aromatic N) is 5. The van der Waals surface area contributed by atoms with Crippen molar-refractivity contribution >= 4 is 11.9 Å². The fourth-order valence-corrected chi connectivity index (χ4v) is 2.72. The summed E-state index contributed by atoms with van der Waals surface area (Å²) in [5, 5.41) is 14.9. The molecule has 122 valence electrons. The third-order valence-electron chi connectivity index (χ3n) is 4.02. The predicted octanol–water partition coefficient (Wildman–Crippen LogP) is 0.412. The van der Waals surface area contributed by atoms with Crippen LogP contribution < -0.4 is 11.1 Å². The van der Waals surface area contributed by atoms with Crippen molar-refractivity contribution in [2.75, 3.05) is 18.4 Å². The summed E-state index contributed by atoms with van der Waals surface area (Å²) in [7, 11) is 0. The van der Waals surface area contributed by atoms with Crippen LogP contribution in [0.5, 0.6) is 0 Å². The second kappa shape index (κ2) is 6.74. The first-order valence-corrected chi connectivity index (χ1v) is 7.83. The zero-order chi connectivity index (χ0) is 16.2. The number of carbonyl (C=O) groups is 1. The van der Waals surface area contributed by atoms with Gasteiger partial charge in [-0.2, -0.15) is 4.68 Å². The Balaban J connectivity index is 1.75. The second-order valence-corrected chi connectivity index (χ2v) is 5.69. The maximum absolute atomic E-state index is 12.6. The minimum absolute atomic E-state index is 0.0445. The maximum atomic E-state index is 12.6. The molecule has 2 atom stereocenters. The lowest BCUT2D eigenvalue weighted by Crippen LogP contribution is -2.43. The number of hydrogen-bond donors (Lipinski definition) is 2. The smallest absolute Gasteiger partial charge is 0.248 e. The zero-order valence-corrected chi connectivity index (χ0v) is 13.1. The van der Waals surface area contributed by atoms with Gasteiger partial charge in [0.15, 0.2) is 0 Å². The summed E-state index contributed by atoms with van der Waals surface area (Å²) in [6, 6.07) is 9.27. The number of likely N-dealkylation sites (tertiary alicyclic amines) is 1. The lowest BCUT2D eigenvalue weighted by molar-refractivity contribution is -0.131. The van der Waals surface area contributed by atoms with Crippen LogP contribution in [0, 0.1) is 0 Å². The maximum Gasteiger partial charge on any atom is 0.248 e. The van der Waals surface area contributed by atoms with Crippen LogP contribution >= 0.6 is 0 Å². The number of amides is 1. The first-order valence-electron chi connectivity index (χ1n) is 7.83. The average Bonchev–Trinajstić information content (AvgIpc) is 3.21. The van der Waals surface area contributed by atoms with Crippen molar-refractivity contribution in [1.29, 1.82) is 0 Å². The molecule has 2 heterocycles. The lowest BCUT2D eigenvalue weighted by Gasteiger charge is -2.23. The topological polar surface area (TPSA) is 102 Å². The number of aromatic nitrogens is 4. The van der Waals surface area contributed by atoms with E-state index in [0.29, 0.717) is 25.5 Å². The highest BCUT2D eigenvalue weighted by molar-refractivity contribution is 5.84. The van der Waals surface area contributed by atoms with E-state index in [1.807, 2.05) is 42.2 Å². The van der Waals surface area contributed by atoms with E-state index in [4.69, 9.17) is 5.73 Å². The van der Waals surface area contributed by atoms with Crippen molar-refractivity contribution in [2.24, 2.45) is 5.73 Å². The molecule has 1 fully saturated rings. The Morgan fingerprint density at radius 2 is 2.22 bits per heavy atom. The molecule has 3 rings (SSSR count). The number of rotatable bonds is 5. The van der Waals surface area contributed by atoms with Crippen LogP contribution in [-0.2, 0) is 4.79 Å². The summed E-state index contributed by atoms with van der Waals surface area (Å²) in [6.45, 7) is 3.28. The second-order valence-electron chi connectivity index (χ2n) is 5.69. The molecule has 2 unspecified atom stereocenters. The summed E-state index contributed by atoms with van der Waals surface area (Å²) >= 11 is 0. The van der Waals surface area contributed by atoms with Crippen LogP contribution in [0.25, 0.3) is 5.69 Å². The summed E-state index contributed by atoms with van der Waals surface area (Å²) in [4.78, 5) is 14.4. The van der Waals surface area contributed by atoms with Crippen molar-refractivity contribution in [3.8, 4) is 5.69 Å². The van der Waals surface area contributed by atoms with Gasteiger partial charge in [-0.3, -0.25) is 4.79 Å². The molecule has 0 radical (unpaired) electrons. The van der Waals surface area contributed by atoms with Gasteiger partial charge in [-0.05, 0) is 35.4 Å². The van der Waals surface area contributed by atoms with E-state index in [1.165, 1.54) is 0 Å². The van der Waals surface area contributed by atoms with Crippen LogP contribution in [0.2, 0.25) is 0 Å². The van der Waals surface area contributed by atoms with Crippen molar-refractivity contribution in [1.82, 2.24) is 25.1 Å². The number of tetrazole rings is 1. The number of para-hydroxylation sites is 1. The SMILES string of the molecule is CCC(Nc1nnnn1-c1ccccc1)C(=O)N1CCC(N)C1. The fraction of sp³-hybridized carbons (Fsp3) is 0.467. The Bertz CT molecular complexity index is 657. The average molecular weight is 315 g/mol. The molecule has 1 amide bonds. The monoisotopic (exact) mass is 315 g/mol. The van der Waals surface area contributed by atoms with Gasteiger partial charge in [0, 0.05) is 19.1 Å². The Kier molecular flexibility index (Phi) is 4.52. The van der Waals surface area contributed by atoms with Gasteiger partial charge in [-0.1, -0.05) is 30.2 Å². The van der Waals surface area contributed by atoms with Gasteiger partial charge in [-0.15, -0.1) is 0 Å². The first-order chi connectivity index (χ1) is 11.2. The van der Waals surface area contributed by atoms with E-state index in [0.717, 1.165) is 12.1 Å². The third kappa shape index (κ3) is 3.31. The molecular formula is C15H21N7O. The number of nitrogens with two attached hydrogens (primary N) is 1. The molecule has 1 aromatic carbocycles. The predicted molar refractivity (Wildman–Crippen MR) is 86.0 cm³/mol. The Hall–Kier alpha value is -2.48. The molecule has 8 heteroatoms. The molecule has 1 aliphatic rings. The Labute approximate surface area is 134 Å². The van der Waals surface area contributed by atoms with Crippen LogP contribution in [-0.4, -0.2) is 56.2 Å². The van der Waals surface area contributed by atoms with Crippen molar-refractivity contribution in [3.63, 3.8) is 0 Å². The van der Waals surface area contributed by atoms with E-state index in [9.17, 15) is 4.79 Å². The molecule has 1 aliphatic heterocycles. The van der Waals surface area contributed by atoms with Crippen LogP contribution in [0.3, 0.4) is 0 Å². The van der Waals surface area contributed by atoms with Gasteiger partial charge in [0.2, 0.25) is 11.9 Å². The first kappa shape index (κ1) is 15.4. The van der Waals surface area contributed by atoms with Crippen molar-refractivity contribution < 1.29 is 4.79 Å². The molecule has 0 aliphatic carbocycles. The molecule has 8 nitrogen and oxygen atoms in total. The summed E-state index contributed by atoms with van der Waals surface area (Å²) in [5.41, 5.74) is 6.73. The van der Waals surface area contributed by atoms with Gasteiger partial charge in [0.1, 0.15) is 6.04 Å². The van der Waals surface area contributed by atoms with E-state index < -0.39 is 0 Å². The highest BCUT2D eigenvalue weighted by Crippen LogP contribution is 2.15. The van der Waals surface area contributed by atoms with E-state index >= 15 is 0 Å². The molecular weight excluding hydrogens is 294 g/mol. The van der Waals surface area contributed by atoms with Crippen LogP contribution in [0.1, 0.15) is 19.8 Å². The highest BCUT2D eigenvalue weighted by Gasteiger charge is 2.29. The van der Waals surface area contributed by atoms with Gasteiger partial charge >= 0.3 is 0 Å². The van der Waals surface area contributed by atoms with Gasteiger partial charge in [0.25, 0.3) is 0 Å². The quantitative estimate of drug-likeness (QED) is 0.829. The van der Waals surface area contributed by atoms with Gasteiger partial charge < -0.3 is 16.0 Å². The van der Waals surface area contributed by atoms with E-state index in [2.05, 4.69) is 20.8 Å². The summed E-state index contributed by atoms with van der Waals surface area (Å²) in [6.07, 6.45) is 1.50. The highest BCUT2D eigenvalue weighted by atomic mass is 16.2. The molecule has 0 spiro atoms. The van der Waals surface area contributed by atoms with Crippen molar-refractivity contribution in [2.45, 2.75) is 31.8 Å². The van der Waals surface area contributed by atoms with Crippen LogP contribution in [0.4, 0.5) is 5.95 Å². The van der Waals surface area contributed by atoms with Crippen molar-refractivity contribution in [3.05, 3.63) is 30.3 Å². The number of nitrogens with one attached hydrogen (secondary N) is 1. The summed E-state index contributed by atoms with van der Waals surface area (Å²) in [5.74, 6) is 0.503. The largest absolute Gasteiger partial charge is 0.341 e. The third-order valence-corrected chi connectivity index (χ3v) is 4.02. The van der Waals surface area contributed by atoms with Gasteiger partial charge in [-0.25, -0.2) is 0 Å². The van der Waals surface area contributed by atoms with Gasteiger partial charge in [0.05, 0.1) is 5.69 Å². The molecule has 1 aromatic heterocycles. The number of anilines is 1. The fourth-order valence-electron chi connectivity index (χ4n) is 2.72. The normalized spacial score (nSPS) is 18.9. The summed E-state index contributed by atoms with van der Waals surface area (Å²) < 4.78 is 1.59. The zero-order valence-electron chi connectivity index (χ0n) is 13.1. The van der Waals surface area contributed by atoms with E-state index in [-0.39, 0.29) is 18.0 Å². The molecule has 2 aromatic rings. The minimum Gasteiger partial charge on any atom is -0.341 e. The molecule has 0 bridgehead atoms. The number of hydrogen-bond acceptors (Lipinski definition) is 6. The Morgan fingerprint density at radius 3 is 2.87 bits per heavy atom. The standard InChI is InChI=1S/C15H21N7O/c1-2-13(14(23)21-9-8-11(16)10-21)17-15-18-19-20-22(15)12-6-4-3-5-7-12/h3-7,11,13H,2,8-10,16H2,1H3,(H,17,18,20). The number of benzene rings is 1. The molecule has 0 saturated carbocycles. The Morgan fingerprint density at radius 1 is 1.43 bits per heavy atom. The lowest BCUT2D eigenvalue weighted by atomic mass is 10.2.